The fourth-order valence-corrected chi connectivity index (χ4v) is 7.10. The Morgan fingerprint density at radius 2 is 1.52 bits per heavy atom. The third kappa shape index (κ3) is 4.27. The number of hydrogen-bond acceptors (Lipinski definition) is 4. The number of hydrogen-bond donors (Lipinski definition) is 0. The molecule has 0 unspecified atom stereocenters. The fraction of sp³-hybridized carbons (Fsp3) is 0.632. The van der Waals surface area contributed by atoms with Gasteiger partial charge < -0.3 is 4.90 Å². The van der Waals surface area contributed by atoms with Crippen LogP contribution in [0.4, 0.5) is 0 Å². The Balaban J connectivity index is 1.68. The Hall–Kier alpha value is -1.25. The van der Waals surface area contributed by atoms with Gasteiger partial charge in [-0.1, -0.05) is 17.7 Å². The molecule has 0 aromatic heterocycles. The zero-order valence-electron chi connectivity index (χ0n) is 16.2. The predicted molar refractivity (Wildman–Crippen MR) is 107 cm³/mol. The maximum absolute atomic E-state index is 13.2. The molecule has 0 N–H and O–H groups in total. The van der Waals surface area contributed by atoms with Gasteiger partial charge in [0.1, 0.15) is 0 Å². The molecule has 1 amide bonds. The number of carbonyl (C=O) groups excluding carboxylic acids is 1. The third-order valence-corrected chi connectivity index (χ3v) is 8.98. The highest BCUT2D eigenvalue weighted by Gasteiger charge is 2.35. The molecule has 2 fully saturated rings. The SMILES string of the molecule is Cc1cc(C)c(S(=O)(=O)N2CCC(C(=O)N3CCS(=O)CC3)CC2)c(C)c1. The van der Waals surface area contributed by atoms with Crippen molar-refractivity contribution in [3.8, 4) is 0 Å². The summed E-state index contributed by atoms with van der Waals surface area (Å²) in [6.45, 7) is 7.46. The normalized spacial score (nSPS) is 20.8. The molecule has 8 heteroatoms. The summed E-state index contributed by atoms with van der Waals surface area (Å²) in [4.78, 5) is 14.9. The smallest absolute Gasteiger partial charge is 0.243 e. The van der Waals surface area contributed by atoms with E-state index in [9.17, 15) is 17.4 Å². The zero-order chi connectivity index (χ0) is 19.8. The summed E-state index contributed by atoms with van der Waals surface area (Å²) in [5.41, 5.74) is 2.59. The largest absolute Gasteiger partial charge is 0.341 e. The van der Waals surface area contributed by atoms with Crippen LogP contribution in [0.2, 0.25) is 0 Å². The predicted octanol–water partition coefficient (Wildman–Crippen LogP) is 1.60. The lowest BCUT2D eigenvalue weighted by molar-refractivity contribution is -0.136. The van der Waals surface area contributed by atoms with Crippen molar-refractivity contribution in [2.24, 2.45) is 5.92 Å². The Morgan fingerprint density at radius 3 is 2.04 bits per heavy atom. The summed E-state index contributed by atoms with van der Waals surface area (Å²) >= 11 is 0. The van der Waals surface area contributed by atoms with Crippen molar-refractivity contribution >= 4 is 26.7 Å². The maximum Gasteiger partial charge on any atom is 0.243 e. The van der Waals surface area contributed by atoms with Gasteiger partial charge in [-0.05, 0) is 44.7 Å². The topological polar surface area (TPSA) is 74.8 Å². The summed E-state index contributed by atoms with van der Waals surface area (Å²) in [6.07, 6.45) is 1.09. The molecule has 0 saturated carbocycles. The molecule has 3 rings (SSSR count). The average molecular weight is 413 g/mol. The number of nitrogens with zero attached hydrogens (tertiary/aromatic N) is 2. The molecule has 0 radical (unpaired) electrons. The number of benzene rings is 1. The fourth-order valence-electron chi connectivity index (χ4n) is 4.16. The third-order valence-electron chi connectivity index (χ3n) is 5.50. The van der Waals surface area contributed by atoms with E-state index in [0.717, 1.165) is 16.7 Å². The molecule has 1 aromatic carbocycles. The van der Waals surface area contributed by atoms with Crippen LogP contribution in [-0.2, 0) is 25.6 Å². The Bertz CT molecular complexity index is 825. The lowest BCUT2D eigenvalue weighted by atomic mass is 9.96. The lowest BCUT2D eigenvalue weighted by Crippen LogP contribution is -2.48. The van der Waals surface area contributed by atoms with Gasteiger partial charge >= 0.3 is 0 Å². The molecule has 2 aliphatic rings. The van der Waals surface area contributed by atoms with Crippen LogP contribution in [0.5, 0.6) is 0 Å². The highest BCUT2D eigenvalue weighted by molar-refractivity contribution is 7.89. The molecule has 2 heterocycles. The van der Waals surface area contributed by atoms with Gasteiger partial charge in [-0.25, -0.2) is 8.42 Å². The molecule has 0 spiro atoms. The molecule has 2 saturated heterocycles. The summed E-state index contributed by atoms with van der Waals surface area (Å²) in [7, 11) is -4.36. The average Bonchev–Trinajstić information content (AvgIpc) is 2.61. The number of amides is 1. The van der Waals surface area contributed by atoms with E-state index in [-0.39, 0.29) is 11.8 Å². The Kier molecular flexibility index (Phi) is 6.08. The maximum atomic E-state index is 13.2. The van der Waals surface area contributed by atoms with Gasteiger partial charge in [-0.15, -0.1) is 0 Å². The number of sulfonamides is 1. The van der Waals surface area contributed by atoms with Crippen LogP contribution in [0, 0.1) is 26.7 Å². The van der Waals surface area contributed by atoms with E-state index in [1.807, 2.05) is 32.9 Å². The molecule has 27 heavy (non-hydrogen) atoms. The van der Waals surface area contributed by atoms with Crippen LogP contribution < -0.4 is 0 Å². The van der Waals surface area contributed by atoms with Gasteiger partial charge in [0.05, 0.1) is 4.90 Å². The molecule has 0 atom stereocenters. The summed E-state index contributed by atoms with van der Waals surface area (Å²) in [5, 5.41) is 0. The molecule has 0 aliphatic carbocycles. The molecular formula is C19H28N2O4S2. The summed E-state index contributed by atoms with van der Waals surface area (Å²) in [5.74, 6) is 1.05. The van der Waals surface area contributed by atoms with Crippen LogP contribution in [0.1, 0.15) is 29.5 Å². The monoisotopic (exact) mass is 412 g/mol. The highest BCUT2D eigenvalue weighted by atomic mass is 32.2. The van der Waals surface area contributed by atoms with Crippen LogP contribution in [0.3, 0.4) is 0 Å². The Labute approximate surface area is 164 Å². The first-order chi connectivity index (χ1) is 12.7. The summed E-state index contributed by atoms with van der Waals surface area (Å²) < 4.78 is 39.3. The first-order valence-corrected chi connectivity index (χ1v) is 12.3. The summed E-state index contributed by atoms with van der Waals surface area (Å²) in [6, 6.07) is 3.80. The molecule has 1 aromatic rings. The second kappa shape index (κ2) is 8.01. The standard InChI is InChI=1S/C19H28N2O4S2/c1-14-12-15(2)18(16(3)13-14)27(24,25)21-6-4-17(5-7-21)19(22)20-8-10-26(23)11-9-20/h12-13,17H,4-11H2,1-3H3. The van der Waals surface area contributed by atoms with Crippen molar-refractivity contribution in [3.05, 3.63) is 28.8 Å². The van der Waals surface area contributed by atoms with E-state index in [1.54, 1.807) is 4.90 Å². The number of piperidine rings is 1. The molecule has 150 valence electrons. The van der Waals surface area contributed by atoms with Crippen LogP contribution in [0.25, 0.3) is 0 Å². The van der Waals surface area contributed by atoms with Gasteiger partial charge in [-0.2, -0.15) is 4.31 Å². The van der Waals surface area contributed by atoms with Gasteiger partial charge in [0.15, 0.2) is 0 Å². The van der Waals surface area contributed by atoms with E-state index in [4.69, 9.17) is 0 Å². The van der Waals surface area contributed by atoms with Crippen molar-refractivity contribution in [2.75, 3.05) is 37.7 Å². The highest BCUT2D eigenvalue weighted by Crippen LogP contribution is 2.29. The van der Waals surface area contributed by atoms with Crippen molar-refractivity contribution in [1.82, 2.24) is 9.21 Å². The number of carbonyl (C=O) groups is 1. The van der Waals surface area contributed by atoms with Gasteiger partial charge in [0, 0.05) is 54.4 Å². The minimum atomic E-state index is -3.55. The second-order valence-corrected chi connectivity index (χ2v) is 11.2. The van der Waals surface area contributed by atoms with E-state index in [1.165, 1.54) is 4.31 Å². The van der Waals surface area contributed by atoms with E-state index < -0.39 is 20.8 Å². The minimum absolute atomic E-state index is 0.0893. The van der Waals surface area contributed by atoms with Gasteiger partial charge in [0.2, 0.25) is 15.9 Å². The molecular weight excluding hydrogens is 384 g/mol. The molecule has 6 nitrogen and oxygen atoms in total. The number of rotatable bonds is 3. The zero-order valence-corrected chi connectivity index (χ0v) is 17.9. The second-order valence-electron chi connectivity index (χ2n) is 7.58. The number of aryl methyl sites for hydroxylation is 3. The van der Waals surface area contributed by atoms with E-state index in [2.05, 4.69) is 0 Å². The van der Waals surface area contributed by atoms with Gasteiger partial charge in [-0.3, -0.25) is 9.00 Å². The van der Waals surface area contributed by atoms with Crippen molar-refractivity contribution < 1.29 is 17.4 Å². The van der Waals surface area contributed by atoms with E-state index in [0.29, 0.717) is 55.4 Å². The first kappa shape index (κ1) is 20.5. The van der Waals surface area contributed by atoms with Crippen LogP contribution in [0.15, 0.2) is 17.0 Å². The molecule has 2 aliphatic heterocycles. The van der Waals surface area contributed by atoms with Crippen molar-refractivity contribution in [3.63, 3.8) is 0 Å². The first-order valence-electron chi connectivity index (χ1n) is 9.42. The minimum Gasteiger partial charge on any atom is -0.341 e. The molecule has 0 bridgehead atoms. The van der Waals surface area contributed by atoms with Crippen LogP contribution >= 0.6 is 0 Å². The van der Waals surface area contributed by atoms with Crippen molar-refractivity contribution in [1.29, 1.82) is 0 Å². The van der Waals surface area contributed by atoms with Crippen molar-refractivity contribution in [2.45, 2.75) is 38.5 Å². The lowest BCUT2D eigenvalue weighted by Gasteiger charge is -2.35. The van der Waals surface area contributed by atoms with E-state index >= 15 is 0 Å². The quantitative estimate of drug-likeness (QED) is 0.756. The van der Waals surface area contributed by atoms with Gasteiger partial charge in [0.25, 0.3) is 0 Å². The van der Waals surface area contributed by atoms with Crippen LogP contribution in [-0.4, -0.2) is 65.4 Å². The Morgan fingerprint density at radius 1 is 1.00 bits per heavy atom.